The van der Waals surface area contributed by atoms with Crippen LogP contribution in [-0.2, 0) is 5.41 Å². The van der Waals surface area contributed by atoms with E-state index in [9.17, 15) is 0 Å². The van der Waals surface area contributed by atoms with Gasteiger partial charge >= 0.3 is 0 Å². The summed E-state index contributed by atoms with van der Waals surface area (Å²) in [6.07, 6.45) is 3.62. The lowest BCUT2D eigenvalue weighted by molar-refractivity contribution is 0.792. The Morgan fingerprint density at radius 3 is 1.91 bits per heavy atom. The average molecular weight is 590 g/mol. The van der Waals surface area contributed by atoms with Gasteiger partial charge in [0.25, 0.3) is 0 Å². The Labute approximate surface area is 262 Å². The van der Waals surface area contributed by atoms with Gasteiger partial charge in [0.05, 0.1) is 16.4 Å². The number of para-hydroxylation sites is 1. The van der Waals surface area contributed by atoms with Crippen molar-refractivity contribution in [2.24, 2.45) is 0 Å². The number of thiophene rings is 1. The Bertz CT molecular complexity index is 2670. The molecule has 9 aromatic rings. The first-order valence-corrected chi connectivity index (χ1v) is 16.1. The molecule has 208 valence electrons. The third-order valence-electron chi connectivity index (χ3n) is 10.2. The van der Waals surface area contributed by atoms with E-state index in [-0.39, 0.29) is 5.41 Å². The van der Waals surface area contributed by atoms with Crippen LogP contribution in [0.1, 0.15) is 22.3 Å². The molecular formula is C41H23N3S. The van der Waals surface area contributed by atoms with E-state index in [1.54, 1.807) is 17.7 Å². The number of aromatic nitrogens is 3. The second kappa shape index (κ2) is 8.32. The number of hydrogen-bond donors (Lipinski definition) is 0. The number of fused-ring (bicyclic) bond motifs is 17. The van der Waals surface area contributed by atoms with Gasteiger partial charge in [-0.2, -0.15) is 0 Å². The Kier molecular flexibility index (Phi) is 4.40. The van der Waals surface area contributed by atoms with Crippen LogP contribution in [0, 0.1) is 0 Å². The third-order valence-corrected chi connectivity index (χ3v) is 11.3. The highest BCUT2D eigenvalue weighted by Crippen LogP contribution is 2.63. The van der Waals surface area contributed by atoms with Crippen molar-refractivity contribution in [3.05, 3.63) is 162 Å². The third kappa shape index (κ3) is 2.78. The topological polar surface area (TPSA) is 30.7 Å². The zero-order valence-corrected chi connectivity index (χ0v) is 24.8. The van der Waals surface area contributed by atoms with Gasteiger partial charge in [-0.05, 0) is 74.8 Å². The highest BCUT2D eigenvalue weighted by atomic mass is 32.1. The lowest BCUT2D eigenvalue weighted by atomic mass is 9.70. The van der Waals surface area contributed by atoms with E-state index in [2.05, 4.69) is 142 Å². The van der Waals surface area contributed by atoms with Crippen molar-refractivity contribution in [1.82, 2.24) is 14.5 Å². The van der Waals surface area contributed by atoms with Gasteiger partial charge in [0.2, 0.25) is 0 Å². The summed E-state index contributed by atoms with van der Waals surface area (Å²) in [4.78, 5) is 10.0. The van der Waals surface area contributed by atoms with E-state index >= 15 is 0 Å². The lowest BCUT2D eigenvalue weighted by Gasteiger charge is -2.30. The highest BCUT2D eigenvalue weighted by molar-refractivity contribution is 7.25. The predicted molar refractivity (Wildman–Crippen MR) is 186 cm³/mol. The normalized spacial score (nSPS) is 14.0. The minimum atomic E-state index is -0.373. The summed E-state index contributed by atoms with van der Waals surface area (Å²) < 4.78 is 3.70. The number of rotatable bonds is 1. The molecule has 0 aliphatic heterocycles. The fourth-order valence-corrected chi connectivity index (χ4v) is 9.59. The second-order valence-electron chi connectivity index (χ2n) is 12.1. The van der Waals surface area contributed by atoms with Gasteiger partial charge in [0.1, 0.15) is 11.2 Å². The van der Waals surface area contributed by atoms with Crippen LogP contribution < -0.4 is 0 Å². The standard InChI is InChI=1S/C41H23N3S/c1-5-13-31-25(9-1)26-10-2-6-14-32(26)41(31)33-15-7-3-11-27(33)28-18-17-24(21-34(28)41)44-35-16-8-4-12-29(35)38-36(44)19-20-37-39(38)30-22-42-23-43-40(30)45-37/h1-23H. The molecule has 0 N–H and O–H groups in total. The average Bonchev–Trinajstić information content (AvgIpc) is 3.81. The predicted octanol–water partition coefficient (Wildman–Crippen LogP) is 10.3. The first-order valence-electron chi connectivity index (χ1n) is 15.3. The molecule has 2 aliphatic carbocycles. The summed E-state index contributed by atoms with van der Waals surface area (Å²) in [6, 6.07) is 47.5. The summed E-state index contributed by atoms with van der Waals surface area (Å²) in [6.45, 7) is 0. The SMILES string of the molecule is c1ccc2c(c1)-c1ccccc1C21c2ccccc2-c2ccc(-n3c4ccccc4c4c5c(ccc43)sc3ncncc35)cc21. The van der Waals surface area contributed by atoms with Gasteiger partial charge in [-0.1, -0.05) is 97.1 Å². The maximum atomic E-state index is 4.61. The molecule has 6 aromatic carbocycles. The Hall–Kier alpha value is -5.58. The van der Waals surface area contributed by atoms with Gasteiger partial charge in [-0.25, -0.2) is 9.97 Å². The maximum absolute atomic E-state index is 4.61. The van der Waals surface area contributed by atoms with Crippen LogP contribution in [0.3, 0.4) is 0 Å². The largest absolute Gasteiger partial charge is 0.309 e. The van der Waals surface area contributed by atoms with Crippen LogP contribution in [0.5, 0.6) is 0 Å². The minimum absolute atomic E-state index is 0.373. The molecule has 2 aliphatic rings. The molecule has 4 heteroatoms. The molecule has 0 saturated carbocycles. The van der Waals surface area contributed by atoms with Crippen LogP contribution in [0.15, 0.2) is 140 Å². The summed E-state index contributed by atoms with van der Waals surface area (Å²) in [5, 5.41) is 4.87. The summed E-state index contributed by atoms with van der Waals surface area (Å²) >= 11 is 1.74. The van der Waals surface area contributed by atoms with Crippen LogP contribution in [-0.4, -0.2) is 14.5 Å². The Balaban J connectivity index is 1.28. The molecule has 3 heterocycles. The Morgan fingerprint density at radius 1 is 0.533 bits per heavy atom. The van der Waals surface area contributed by atoms with Gasteiger partial charge < -0.3 is 4.57 Å². The van der Waals surface area contributed by atoms with Crippen molar-refractivity contribution < 1.29 is 0 Å². The maximum Gasteiger partial charge on any atom is 0.127 e. The molecule has 3 aromatic heterocycles. The van der Waals surface area contributed by atoms with Crippen molar-refractivity contribution in [3.8, 4) is 27.9 Å². The molecule has 45 heavy (non-hydrogen) atoms. The van der Waals surface area contributed by atoms with Gasteiger partial charge in [-0.3, -0.25) is 0 Å². The number of nitrogens with zero attached hydrogens (tertiary/aromatic N) is 3. The van der Waals surface area contributed by atoms with E-state index in [1.807, 2.05) is 6.20 Å². The fourth-order valence-electron chi connectivity index (χ4n) is 8.57. The van der Waals surface area contributed by atoms with Gasteiger partial charge in [-0.15, -0.1) is 11.3 Å². The van der Waals surface area contributed by atoms with Crippen molar-refractivity contribution in [3.63, 3.8) is 0 Å². The lowest BCUT2D eigenvalue weighted by Crippen LogP contribution is -2.26. The molecule has 3 nitrogen and oxygen atoms in total. The van der Waals surface area contributed by atoms with Gasteiger partial charge in [0, 0.05) is 38.1 Å². The zero-order valence-electron chi connectivity index (χ0n) is 24.0. The van der Waals surface area contributed by atoms with E-state index in [0.29, 0.717) is 0 Å². The smallest absolute Gasteiger partial charge is 0.127 e. The number of hydrogen-bond acceptors (Lipinski definition) is 3. The first kappa shape index (κ1) is 23.8. The van der Waals surface area contributed by atoms with E-state index < -0.39 is 0 Å². The molecule has 0 radical (unpaired) electrons. The fraction of sp³-hybridized carbons (Fsp3) is 0.0244. The molecule has 0 saturated heterocycles. The molecule has 0 fully saturated rings. The minimum Gasteiger partial charge on any atom is -0.309 e. The zero-order chi connectivity index (χ0) is 29.3. The van der Waals surface area contributed by atoms with Crippen LogP contribution in [0.25, 0.3) is 70.0 Å². The molecule has 11 rings (SSSR count). The molecule has 0 amide bonds. The molecule has 0 bridgehead atoms. The summed E-state index contributed by atoms with van der Waals surface area (Å²) in [5.74, 6) is 0. The van der Waals surface area contributed by atoms with Crippen molar-refractivity contribution in [2.75, 3.05) is 0 Å². The Morgan fingerprint density at radius 2 is 1.18 bits per heavy atom. The van der Waals surface area contributed by atoms with Crippen molar-refractivity contribution in [1.29, 1.82) is 0 Å². The van der Waals surface area contributed by atoms with Crippen LogP contribution in [0.2, 0.25) is 0 Å². The van der Waals surface area contributed by atoms with E-state index in [0.717, 1.165) is 10.2 Å². The van der Waals surface area contributed by atoms with Crippen LogP contribution in [0.4, 0.5) is 0 Å². The summed E-state index contributed by atoms with van der Waals surface area (Å²) in [7, 11) is 0. The van der Waals surface area contributed by atoms with E-state index in [4.69, 9.17) is 0 Å². The quantitative estimate of drug-likeness (QED) is 0.191. The summed E-state index contributed by atoms with van der Waals surface area (Å²) in [5.41, 5.74) is 13.9. The first-order chi connectivity index (χ1) is 22.3. The molecule has 0 atom stereocenters. The van der Waals surface area contributed by atoms with Crippen molar-refractivity contribution in [2.45, 2.75) is 5.41 Å². The second-order valence-corrected chi connectivity index (χ2v) is 13.2. The monoisotopic (exact) mass is 589 g/mol. The number of benzene rings is 6. The van der Waals surface area contributed by atoms with E-state index in [1.165, 1.54) is 82.1 Å². The van der Waals surface area contributed by atoms with Crippen molar-refractivity contribution >= 4 is 53.4 Å². The highest BCUT2D eigenvalue weighted by Gasteiger charge is 2.51. The van der Waals surface area contributed by atoms with Gasteiger partial charge in [0.15, 0.2) is 0 Å². The molecule has 1 spiro atoms. The van der Waals surface area contributed by atoms with Crippen LogP contribution >= 0.6 is 11.3 Å². The molecule has 0 unspecified atom stereocenters. The molecular weight excluding hydrogens is 567 g/mol.